The standard InChI is InChI=1S/C24H34N2O6/c1-4-18(5-2)32-21-14-17(24(30)31)13-19(22(21)25-15(3)27)26-23(29)20(28)12-11-16-9-7-6-8-10-16/h6-10,14,18-22,28H,4-5,11-13H2,1-3H3,(H,25,27)(H,26,29)(H,30,31)/t19-,20+,21+,22+/m0/s1. The van der Waals surface area contributed by atoms with Crippen molar-refractivity contribution >= 4 is 17.8 Å². The molecule has 4 N–H and O–H groups in total. The van der Waals surface area contributed by atoms with Crippen molar-refractivity contribution in [2.24, 2.45) is 0 Å². The number of amides is 2. The van der Waals surface area contributed by atoms with E-state index in [1.165, 1.54) is 13.0 Å². The Bertz CT molecular complexity index is 806. The molecule has 0 unspecified atom stereocenters. The molecule has 2 rings (SSSR count). The van der Waals surface area contributed by atoms with Gasteiger partial charge in [0.1, 0.15) is 6.10 Å². The van der Waals surface area contributed by atoms with Crippen LogP contribution in [0, 0.1) is 0 Å². The van der Waals surface area contributed by atoms with Gasteiger partial charge in [0.25, 0.3) is 0 Å². The number of carboxylic acid groups (broad SMARTS) is 1. The van der Waals surface area contributed by atoms with Crippen molar-refractivity contribution in [2.75, 3.05) is 0 Å². The highest BCUT2D eigenvalue weighted by Crippen LogP contribution is 2.25. The van der Waals surface area contributed by atoms with Crippen molar-refractivity contribution in [1.29, 1.82) is 0 Å². The van der Waals surface area contributed by atoms with E-state index in [0.29, 0.717) is 6.42 Å². The number of hydrogen-bond donors (Lipinski definition) is 4. The van der Waals surface area contributed by atoms with Crippen molar-refractivity contribution in [2.45, 2.75) is 83.3 Å². The Kier molecular flexibility index (Phi) is 9.87. The molecule has 1 aliphatic rings. The SMILES string of the molecule is CCC(CC)O[C@@H]1C=C(C(=O)O)C[C@H](NC(=O)[C@H](O)CCc2ccccc2)[C@H]1NC(C)=O. The van der Waals surface area contributed by atoms with Gasteiger partial charge < -0.3 is 25.6 Å². The summed E-state index contributed by atoms with van der Waals surface area (Å²) in [7, 11) is 0. The van der Waals surface area contributed by atoms with Crippen molar-refractivity contribution < 1.29 is 29.3 Å². The molecular weight excluding hydrogens is 412 g/mol. The monoisotopic (exact) mass is 446 g/mol. The first kappa shape index (κ1) is 25.5. The highest BCUT2D eigenvalue weighted by Gasteiger charge is 2.38. The molecule has 2 amide bonds. The summed E-state index contributed by atoms with van der Waals surface area (Å²) in [5.74, 6) is -2.02. The number of carbonyl (C=O) groups is 3. The van der Waals surface area contributed by atoms with Crippen LogP contribution in [0.3, 0.4) is 0 Å². The molecule has 4 atom stereocenters. The minimum absolute atomic E-state index is 0.0141. The Morgan fingerprint density at radius 1 is 1.12 bits per heavy atom. The third-order valence-corrected chi connectivity index (χ3v) is 5.68. The molecule has 176 valence electrons. The Morgan fingerprint density at radius 2 is 1.78 bits per heavy atom. The predicted octanol–water partition coefficient (Wildman–Crippen LogP) is 1.96. The Hall–Kier alpha value is -2.71. The van der Waals surface area contributed by atoms with Gasteiger partial charge in [0.05, 0.1) is 24.3 Å². The van der Waals surface area contributed by atoms with E-state index in [1.54, 1.807) is 0 Å². The summed E-state index contributed by atoms with van der Waals surface area (Å²) in [5.41, 5.74) is 1.11. The van der Waals surface area contributed by atoms with Crippen molar-refractivity contribution in [1.82, 2.24) is 10.6 Å². The molecule has 0 aliphatic heterocycles. The van der Waals surface area contributed by atoms with E-state index in [9.17, 15) is 24.6 Å². The summed E-state index contributed by atoms with van der Waals surface area (Å²) in [6.07, 6.45) is 1.64. The number of ether oxygens (including phenoxy) is 1. The number of aliphatic hydroxyl groups excluding tert-OH is 1. The molecule has 0 heterocycles. The van der Waals surface area contributed by atoms with Crippen LogP contribution in [0.2, 0.25) is 0 Å². The van der Waals surface area contributed by atoms with Crippen LogP contribution >= 0.6 is 0 Å². The number of benzene rings is 1. The fraction of sp³-hybridized carbons (Fsp3) is 0.542. The smallest absolute Gasteiger partial charge is 0.331 e. The Labute approximate surface area is 189 Å². The van der Waals surface area contributed by atoms with Gasteiger partial charge in [-0.15, -0.1) is 0 Å². The molecule has 0 fully saturated rings. The van der Waals surface area contributed by atoms with Crippen LogP contribution in [0.25, 0.3) is 0 Å². The summed E-state index contributed by atoms with van der Waals surface area (Å²) < 4.78 is 6.09. The van der Waals surface area contributed by atoms with Gasteiger partial charge in [0.2, 0.25) is 11.8 Å². The average Bonchev–Trinajstić information content (AvgIpc) is 2.77. The van der Waals surface area contributed by atoms with Crippen LogP contribution in [0.15, 0.2) is 42.0 Å². The first-order valence-electron chi connectivity index (χ1n) is 11.1. The topological polar surface area (TPSA) is 125 Å². The van der Waals surface area contributed by atoms with Crippen LogP contribution in [0.5, 0.6) is 0 Å². The van der Waals surface area contributed by atoms with Gasteiger partial charge in [0, 0.05) is 18.9 Å². The van der Waals surface area contributed by atoms with E-state index in [-0.39, 0.29) is 30.4 Å². The second-order valence-electron chi connectivity index (χ2n) is 8.12. The molecule has 1 aromatic rings. The maximum atomic E-state index is 12.7. The zero-order chi connectivity index (χ0) is 23.7. The molecular formula is C24H34N2O6. The van der Waals surface area contributed by atoms with E-state index in [0.717, 1.165) is 18.4 Å². The highest BCUT2D eigenvalue weighted by atomic mass is 16.5. The van der Waals surface area contributed by atoms with Crippen LogP contribution in [-0.2, 0) is 25.5 Å². The number of aryl methyl sites for hydroxylation is 1. The number of hydrogen-bond acceptors (Lipinski definition) is 5. The maximum absolute atomic E-state index is 12.7. The largest absolute Gasteiger partial charge is 0.478 e. The molecule has 1 aromatic carbocycles. The maximum Gasteiger partial charge on any atom is 0.331 e. The number of carbonyl (C=O) groups excluding carboxylic acids is 2. The fourth-order valence-corrected chi connectivity index (χ4v) is 3.87. The molecule has 0 spiro atoms. The molecule has 32 heavy (non-hydrogen) atoms. The molecule has 0 bridgehead atoms. The van der Waals surface area contributed by atoms with Crippen molar-refractivity contribution in [3.63, 3.8) is 0 Å². The molecule has 0 saturated carbocycles. The lowest BCUT2D eigenvalue weighted by molar-refractivity contribution is -0.135. The first-order chi connectivity index (χ1) is 15.2. The lowest BCUT2D eigenvalue weighted by Gasteiger charge is -2.38. The van der Waals surface area contributed by atoms with Crippen LogP contribution < -0.4 is 10.6 Å². The van der Waals surface area contributed by atoms with Gasteiger partial charge in [-0.2, -0.15) is 0 Å². The normalized spacial score (nSPS) is 21.5. The predicted molar refractivity (Wildman–Crippen MR) is 120 cm³/mol. The number of nitrogens with one attached hydrogen (secondary N) is 2. The number of aliphatic carboxylic acids is 1. The third-order valence-electron chi connectivity index (χ3n) is 5.68. The quantitative estimate of drug-likeness (QED) is 0.412. The zero-order valence-corrected chi connectivity index (χ0v) is 18.9. The lowest BCUT2D eigenvalue weighted by Crippen LogP contribution is -2.60. The number of aliphatic hydroxyl groups is 1. The fourth-order valence-electron chi connectivity index (χ4n) is 3.87. The van der Waals surface area contributed by atoms with Gasteiger partial charge in [-0.1, -0.05) is 44.2 Å². The van der Waals surface area contributed by atoms with Crippen molar-refractivity contribution in [3.8, 4) is 0 Å². The lowest BCUT2D eigenvalue weighted by atomic mass is 9.87. The van der Waals surface area contributed by atoms with Crippen LogP contribution in [-0.4, -0.2) is 58.4 Å². The molecule has 0 radical (unpaired) electrons. The molecule has 0 aromatic heterocycles. The zero-order valence-electron chi connectivity index (χ0n) is 18.9. The molecule has 0 saturated heterocycles. The number of carboxylic acids is 1. The summed E-state index contributed by atoms with van der Waals surface area (Å²) in [5, 5.41) is 25.5. The van der Waals surface area contributed by atoms with Gasteiger partial charge in [-0.05, 0) is 37.3 Å². The summed E-state index contributed by atoms with van der Waals surface area (Å²) in [6.45, 7) is 5.29. The van der Waals surface area contributed by atoms with E-state index in [1.807, 2.05) is 44.2 Å². The minimum Gasteiger partial charge on any atom is -0.478 e. The Morgan fingerprint density at radius 3 is 2.34 bits per heavy atom. The second kappa shape index (κ2) is 12.4. The van der Waals surface area contributed by atoms with E-state index >= 15 is 0 Å². The average molecular weight is 447 g/mol. The highest BCUT2D eigenvalue weighted by molar-refractivity contribution is 5.88. The first-order valence-corrected chi connectivity index (χ1v) is 11.1. The summed E-state index contributed by atoms with van der Waals surface area (Å²) >= 11 is 0. The van der Waals surface area contributed by atoms with E-state index in [4.69, 9.17) is 4.74 Å². The van der Waals surface area contributed by atoms with E-state index in [2.05, 4.69) is 10.6 Å². The molecule has 1 aliphatic carbocycles. The van der Waals surface area contributed by atoms with Gasteiger partial charge in [-0.3, -0.25) is 9.59 Å². The van der Waals surface area contributed by atoms with Crippen molar-refractivity contribution in [3.05, 3.63) is 47.5 Å². The van der Waals surface area contributed by atoms with Gasteiger partial charge in [0.15, 0.2) is 0 Å². The minimum atomic E-state index is -1.26. The summed E-state index contributed by atoms with van der Waals surface area (Å²) in [4.78, 5) is 36.3. The van der Waals surface area contributed by atoms with Gasteiger partial charge >= 0.3 is 5.97 Å². The van der Waals surface area contributed by atoms with E-state index < -0.39 is 36.2 Å². The van der Waals surface area contributed by atoms with Gasteiger partial charge in [-0.25, -0.2) is 4.79 Å². The molecule has 8 heteroatoms. The number of rotatable bonds is 11. The Balaban J connectivity index is 2.16. The third kappa shape index (κ3) is 7.46. The molecule has 8 nitrogen and oxygen atoms in total. The van der Waals surface area contributed by atoms with Crippen LogP contribution in [0.1, 0.15) is 52.0 Å². The van der Waals surface area contributed by atoms with Crippen LogP contribution in [0.4, 0.5) is 0 Å². The summed E-state index contributed by atoms with van der Waals surface area (Å²) in [6, 6.07) is 8.13. The second-order valence-corrected chi connectivity index (χ2v) is 8.12.